The highest BCUT2D eigenvalue weighted by molar-refractivity contribution is 5.22. The van der Waals surface area contributed by atoms with Crippen LogP contribution in [0.1, 0.15) is 37.7 Å². The van der Waals surface area contributed by atoms with Crippen LogP contribution >= 0.6 is 0 Å². The second-order valence-electron chi connectivity index (χ2n) is 4.90. The van der Waals surface area contributed by atoms with E-state index >= 15 is 0 Å². The summed E-state index contributed by atoms with van der Waals surface area (Å²) in [5.41, 5.74) is 0.814. The van der Waals surface area contributed by atoms with Gasteiger partial charge in [-0.25, -0.2) is 4.39 Å². The first-order chi connectivity index (χ1) is 8.81. The van der Waals surface area contributed by atoms with E-state index in [1.54, 1.807) is 12.1 Å². The van der Waals surface area contributed by atoms with Gasteiger partial charge in [-0.2, -0.15) is 0 Å². The van der Waals surface area contributed by atoms with Gasteiger partial charge in [-0.15, -0.1) is 0 Å². The van der Waals surface area contributed by atoms with Crippen LogP contribution in [0.3, 0.4) is 0 Å². The van der Waals surface area contributed by atoms with Crippen LogP contribution in [-0.4, -0.2) is 25.8 Å². The maximum absolute atomic E-state index is 13.9. The molecular formula is C15H22FNO. The standard InChI is InChI=1S/C15H22FNO/c1-2-17-11-12(10-13-6-5-9-18-13)14-7-3-4-8-15(14)16/h3-4,7-8,12-13,17H,2,5-6,9-11H2,1H3. The first kappa shape index (κ1) is 13.5. The second-order valence-corrected chi connectivity index (χ2v) is 4.90. The molecule has 100 valence electrons. The van der Waals surface area contributed by atoms with Crippen LogP contribution in [0, 0.1) is 5.82 Å². The molecule has 0 aliphatic carbocycles. The summed E-state index contributed by atoms with van der Waals surface area (Å²) in [6.45, 7) is 4.66. The summed E-state index contributed by atoms with van der Waals surface area (Å²) in [4.78, 5) is 0. The molecular weight excluding hydrogens is 229 g/mol. The fourth-order valence-electron chi connectivity index (χ4n) is 2.59. The Hall–Kier alpha value is -0.930. The average Bonchev–Trinajstić information content (AvgIpc) is 2.88. The molecule has 18 heavy (non-hydrogen) atoms. The third-order valence-electron chi connectivity index (χ3n) is 3.56. The van der Waals surface area contributed by atoms with E-state index in [-0.39, 0.29) is 11.7 Å². The summed E-state index contributed by atoms with van der Waals surface area (Å²) in [6, 6.07) is 7.10. The largest absolute Gasteiger partial charge is 0.378 e. The second kappa shape index (κ2) is 6.86. The quantitative estimate of drug-likeness (QED) is 0.839. The molecule has 1 fully saturated rings. The third kappa shape index (κ3) is 3.53. The Morgan fingerprint density at radius 3 is 2.94 bits per heavy atom. The number of halogens is 1. The zero-order chi connectivity index (χ0) is 12.8. The van der Waals surface area contributed by atoms with Crippen molar-refractivity contribution < 1.29 is 9.13 Å². The van der Waals surface area contributed by atoms with E-state index in [0.29, 0.717) is 6.10 Å². The Bertz CT molecular complexity index is 363. The van der Waals surface area contributed by atoms with Crippen molar-refractivity contribution in [3.05, 3.63) is 35.6 Å². The zero-order valence-corrected chi connectivity index (χ0v) is 11.0. The minimum Gasteiger partial charge on any atom is -0.378 e. The maximum atomic E-state index is 13.9. The number of nitrogens with one attached hydrogen (secondary N) is 1. The highest BCUT2D eigenvalue weighted by Crippen LogP contribution is 2.28. The van der Waals surface area contributed by atoms with Gasteiger partial charge in [-0.05, 0) is 37.4 Å². The Morgan fingerprint density at radius 1 is 1.44 bits per heavy atom. The number of likely N-dealkylation sites (N-methyl/N-ethyl adjacent to an activating group) is 1. The van der Waals surface area contributed by atoms with Crippen molar-refractivity contribution in [2.75, 3.05) is 19.7 Å². The van der Waals surface area contributed by atoms with E-state index in [4.69, 9.17) is 4.74 Å². The molecule has 1 aromatic carbocycles. The van der Waals surface area contributed by atoms with Crippen LogP contribution in [0.5, 0.6) is 0 Å². The summed E-state index contributed by atoms with van der Waals surface area (Å²) in [6.07, 6.45) is 3.45. The van der Waals surface area contributed by atoms with E-state index < -0.39 is 0 Å². The molecule has 1 heterocycles. The molecule has 0 radical (unpaired) electrons. The number of ether oxygens (including phenoxy) is 1. The Morgan fingerprint density at radius 2 is 2.28 bits per heavy atom. The van der Waals surface area contributed by atoms with Gasteiger partial charge in [0.05, 0.1) is 6.10 Å². The van der Waals surface area contributed by atoms with Crippen molar-refractivity contribution in [3.63, 3.8) is 0 Å². The third-order valence-corrected chi connectivity index (χ3v) is 3.56. The van der Waals surface area contributed by atoms with E-state index in [9.17, 15) is 4.39 Å². The number of benzene rings is 1. The molecule has 1 N–H and O–H groups in total. The number of rotatable bonds is 6. The topological polar surface area (TPSA) is 21.3 Å². The highest BCUT2D eigenvalue weighted by atomic mass is 19.1. The van der Waals surface area contributed by atoms with Crippen LogP contribution in [0.15, 0.2) is 24.3 Å². The highest BCUT2D eigenvalue weighted by Gasteiger charge is 2.23. The van der Waals surface area contributed by atoms with Crippen LogP contribution in [0.4, 0.5) is 4.39 Å². The van der Waals surface area contributed by atoms with Crippen molar-refractivity contribution >= 4 is 0 Å². The lowest BCUT2D eigenvalue weighted by molar-refractivity contribution is 0.0974. The fraction of sp³-hybridized carbons (Fsp3) is 0.600. The first-order valence-corrected chi connectivity index (χ1v) is 6.88. The molecule has 0 amide bonds. The van der Waals surface area contributed by atoms with Gasteiger partial charge >= 0.3 is 0 Å². The smallest absolute Gasteiger partial charge is 0.126 e. The van der Waals surface area contributed by atoms with Crippen LogP contribution in [0.2, 0.25) is 0 Å². The molecule has 1 aliphatic heterocycles. The molecule has 0 saturated carbocycles. The molecule has 3 heteroatoms. The van der Waals surface area contributed by atoms with E-state index in [1.165, 1.54) is 0 Å². The normalized spacial score (nSPS) is 21.1. The van der Waals surface area contributed by atoms with E-state index in [0.717, 1.165) is 44.5 Å². The summed E-state index contributed by atoms with van der Waals surface area (Å²) >= 11 is 0. The van der Waals surface area contributed by atoms with Gasteiger partial charge in [0.15, 0.2) is 0 Å². The minimum absolute atomic E-state index is 0.0987. The van der Waals surface area contributed by atoms with Crippen molar-refractivity contribution in [2.45, 2.75) is 38.2 Å². The Labute approximate surface area is 109 Å². The van der Waals surface area contributed by atoms with Crippen molar-refractivity contribution in [1.82, 2.24) is 5.32 Å². The van der Waals surface area contributed by atoms with E-state index in [1.807, 2.05) is 12.1 Å². The Kier molecular flexibility index (Phi) is 5.14. The van der Waals surface area contributed by atoms with Gasteiger partial charge < -0.3 is 10.1 Å². The molecule has 0 bridgehead atoms. The average molecular weight is 251 g/mol. The monoisotopic (exact) mass is 251 g/mol. The van der Waals surface area contributed by atoms with Gasteiger partial charge in [0.25, 0.3) is 0 Å². The molecule has 0 spiro atoms. The lowest BCUT2D eigenvalue weighted by atomic mass is 9.91. The first-order valence-electron chi connectivity index (χ1n) is 6.88. The predicted molar refractivity (Wildman–Crippen MR) is 71.3 cm³/mol. The fourth-order valence-corrected chi connectivity index (χ4v) is 2.59. The molecule has 2 atom stereocenters. The van der Waals surface area contributed by atoms with Gasteiger partial charge in [0.1, 0.15) is 5.82 Å². The zero-order valence-electron chi connectivity index (χ0n) is 11.0. The molecule has 1 aliphatic rings. The van der Waals surface area contributed by atoms with E-state index in [2.05, 4.69) is 12.2 Å². The van der Waals surface area contributed by atoms with Gasteiger partial charge in [0, 0.05) is 19.1 Å². The minimum atomic E-state index is -0.0987. The molecule has 2 nitrogen and oxygen atoms in total. The SMILES string of the molecule is CCNCC(CC1CCCO1)c1ccccc1F. The van der Waals surface area contributed by atoms with Crippen LogP contribution in [-0.2, 0) is 4.74 Å². The maximum Gasteiger partial charge on any atom is 0.126 e. The van der Waals surface area contributed by atoms with Crippen LogP contribution in [0.25, 0.3) is 0 Å². The molecule has 2 unspecified atom stereocenters. The summed E-state index contributed by atoms with van der Waals surface area (Å²) in [7, 11) is 0. The van der Waals surface area contributed by atoms with Gasteiger partial charge in [-0.3, -0.25) is 0 Å². The molecule has 1 aromatic rings. The number of hydrogen-bond donors (Lipinski definition) is 1. The summed E-state index contributed by atoms with van der Waals surface area (Å²) in [5, 5.41) is 3.33. The van der Waals surface area contributed by atoms with Crippen molar-refractivity contribution in [1.29, 1.82) is 0 Å². The summed E-state index contributed by atoms with van der Waals surface area (Å²) < 4.78 is 19.5. The lowest BCUT2D eigenvalue weighted by Gasteiger charge is -2.21. The predicted octanol–water partition coefficient (Wildman–Crippen LogP) is 3.09. The molecule has 0 aromatic heterocycles. The molecule has 1 saturated heterocycles. The number of hydrogen-bond acceptors (Lipinski definition) is 2. The van der Waals surface area contributed by atoms with Crippen molar-refractivity contribution in [2.24, 2.45) is 0 Å². The van der Waals surface area contributed by atoms with Gasteiger partial charge in [0.2, 0.25) is 0 Å². The molecule has 2 rings (SSSR count). The van der Waals surface area contributed by atoms with Crippen LogP contribution < -0.4 is 5.32 Å². The van der Waals surface area contributed by atoms with Gasteiger partial charge in [-0.1, -0.05) is 25.1 Å². The van der Waals surface area contributed by atoms with Crippen molar-refractivity contribution in [3.8, 4) is 0 Å². The Balaban J connectivity index is 2.06. The summed E-state index contributed by atoms with van der Waals surface area (Å²) in [5.74, 6) is 0.104. The lowest BCUT2D eigenvalue weighted by Crippen LogP contribution is -2.25.